The zero-order chi connectivity index (χ0) is 24.3. The van der Waals surface area contributed by atoms with E-state index in [9.17, 15) is 18.0 Å². The molecule has 0 saturated carbocycles. The summed E-state index contributed by atoms with van der Waals surface area (Å²) in [6, 6.07) is 12.6. The molecule has 3 heterocycles. The number of alkyl halides is 3. The summed E-state index contributed by atoms with van der Waals surface area (Å²) in [6.07, 6.45) is -2.01. The van der Waals surface area contributed by atoms with Crippen LogP contribution in [0.25, 0.3) is 0 Å². The number of hydrogen-bond donors (Lipinski definition) is 0. The van der Waals surface area contributed by atoms with Gasteiger partial charge in [-0.3, -0.25) is 4.90 Å². The van der Waals surface area contributed by atoms with Crippen LogP contribution in [0.1, 0.15) is 37.9 Å². The molecule has 0 N–H and O–H groups in total. The number of nitrogens with zero attached hydrogens (tertiary/aromatic N) is 4. The van der Waals surface area contributed by atoms with Crippen LogP contribution in [-0.4, -0.2) is 65.2 Å². The number of carbonyl (C=O) groups is 1. The van der Waals surface area contributed by atoms with E-state index in [1.165, 1.54) is 17.8 Å². The van der Waals surface area contributed by atoms with Gasteiger partial charge < -0.3 is 14.5 Å². The lowest BCUT2D eigenvalue weighted by Gasteiger charge is -2.45. The number of amides is 1. The van der Waals surface area contributed by atoms with Gasteiger partial charge in [-0.25, -0.2) is 9.78 Å². The Morgan fingerprint density at radius 3 is 2.35 bits per heavy atom. The summed E-state index contributed by atoms with van der Waals surface area (Å²) >= 11 is 0. The minimum atomic E-state index is -4.46. The first-order chi connectivity index (χ1) is 16.2. The van der Waals surface area contributed by atoms with Crippen LogP contribution in [0.15, 0.2) is 48.7 Å². The number of benzene rings is 1. The van der Waals surface area contributed by atoms with Crippen LogP contribution in [0.3, 0.4) is 0 Å². The summed E-state index contributed by atoms with van der Waals surface area (Å²) < 4.78 is 44.3. The van der Waals surface area contributed by atoms with Crippen LogP contribution in [0.2, 0.25) is 0 Å². The largest absolute Gasteiger partial charge is 0.446 e. The van der Waals surface area contributed by atoms with E-state index in [1.54, 1.807) is 4.90 Å². The first kappa shape index (κ1) is 24.3. The second-order valence-corrected chi connectivity index (χ2v) is 9.25. The Balaban J connectivity index is 1.28. The molecule has 0 radical (unpaired) electrons. The number of anilines is 1. The number of ether oxygens (including phenoxy) is 1. The van der Waals surface area contributed by atoms with Crippen molar-refractivity contribution in [3.8, 4) is 0 Å². The molecule has 4 rings (SSSR count). The van der Waals surface area contributed by atoms with Gasteiger partial charge in [-0.2, -0.15) is 13.2 Å². The van der Waals surface area contributed by atoms with Crippen molar-refractivity contribution in [2.45, 2.75) is 57.6 Å². The van der Waals surface area contributed by atoms with Crippen molar-refractivity contribution < 1.29 is 22.7 Å². The molecule has 9 heteroatoms. The van der Waals surface area contributed by atoms with Crippen molar-refractivity contribution >= 4 is 11.8 Å². The van der Waals surface area contributed by atoms with Gasteiger partial charge in [0.15, 0.2) is 0 Å². The van der Waals surface area contributed by atoms with Crippen molar-refractivity contribution in [1.29, 1.82) is 0 Å². The van der Waals surface area contributed by atoms with Crippen LogP contribution in [0.5, 0.6) is 0 Å². The fraction of sp³-hybridized carbons (Fsp3) is 0.520. The van der Waals surface area contributed by atoms with Gasteiger partial charge in [0.1, 0.15) is 11.8 Å². The molecule has 2 saturated heterocycles. The molecule has 0 bridgehead atoms. The summed E-state index contributed by atoms with van der Waals surface area (Å²) in [4.78, 5) is 22.6. The van der Waals surface area contributed by atoms with Gasteiger partial charge in [0.25, 0.3) is 0 Å². The SMILES string of the molecule is C[C@@H]1CN(c2ccc(C(F)(F)F)nc2)[C@H](C)CN1C(=O)OC1CCN(Cc2ccccc2)CC1. The van der Waals surface area contributed by atoms with E-state index in [0.29, 0.717) is 18.8 Å². The molecule has 1 aromatic heterocycles. The van der Waals surface area contributed by atoms with Gasteiger partial charge in [-0.15, -0.1) is 0 Å². The summed E-state index contributed by atoms with van der Waals surface area (Å²) in [7, 11) is 0. The van der Waals surface area contributed by atoms with Crippen LogP contribution in [0, 0.1) is 0 Å². The van der Waals surface area contributed by atoms with E-state index in [-0.39, 0.29) is 24.3 Å². The third-order valence-corrected chi connectivity index (χ3v) is 6.64. The molecule has 6 nitrogen and oxygen atoms in total. The molecular formula is C25H31F3N4O2. The average Bonchev–Trinajstić information content (AvgIpc) is 2.82. The van der Waals surface area contributed by atoms with Gasteiger partial charge in [0, 0.05) is 44.8 Å². The Labute approximate surface area is 198 Å². The number of piperazine rings is 1. The van der Waals surface area contributed by atoms with Crippen LogP contribution in [0.4, 0.5) is 23.7 Å². The number of piperidine rings is 1. The van der Waals surface area contributed by atoms with Gasteiger partial charge >= 0.3 is 12.3 Å². The standard InChI is InChI=1S/C25H31F3N4O2/c1-18-16-32(19(2)15-31(18)21-8-9-23(29-14-21)25(26,27)28)24(33)34-22-10-12-30(13-11-22)17-20-6-4-3-5-7-20/h3-9,14,18-19,22H,10-13,15-17H2,1-2H3/t18-,19-/m1/s1. The number of aromatic nitrogens is 1. The number of hydrogen-bond acceptors (Lipinski definition) is 5. The minimum absolute atomic E-state index is 0.0741. The van der Waals surface area contributed by atoms with Crippen molar-refractivity contribution in [3.63, 3.8) is 0 Å². The Bertz CT molecular complexity index is 947. The van der Waals surface area contributed by atoms with E-state index in [1.807, 2.05) is 36.9 Å². The van der Waals surface area contributed by atoms with Gasteiger partial charge in [-0.1, -0.05) is 30.3 Å². The highest BCUT2D eigenvalue weighted by Crippen LogP contribution is 2.30. The fourth-order valence-corrected chi connectivity index (χ4v) is 4.70. The number of carbonyl (C=O) groups excluding carboxylic acids is 1. The minimum Gasteiger partial charge on any atom is -0.446 e. The summed E-state index contributed by atoms with van der Waals surface area (Å²) in [5, 5.41) is 0. The molecule has 2 atom stereocenters. The zero-order valence-electron chi connectivity index (χ0n) is 19.5. The average molecular weight is 477 g/mol. The molecule has 2 fully saturated rings. The van der Waals surface area contributed by atoms with E-state index in [2.05, 4.69) is 22.0 Å². The third kappa shape index (κ3) is 5.81. The van der Waals surface area contributed by atoms with Crippen molar-refractivity contribution in [1.82, 2.24) is 14.8 Å². The first-order valence-corrected chi connectivity index (χ1v) is 11.7. The van der Waals surface area contributed by atoms with Crippen LogP contribution in [-0.2, 0) is 17.5 Å². The second-order valence-electron chi connectivity index (χ2n) is 9.25. The Kier molecular flexibility index (Phi) is 7.30. The quantitative estimate of drug-likeness (QED) is 0.635. The lowest BCUT2D eigenvalue weighted by Crippen LogP contribution is -2.58. The Morgan fingerprint density at radius 2 is 1.74 bits per heavy atom. The maximum atomic E-state index is 12.9. The predicted molar refractivity (Wildman–Crippen MR) is 123 cm³/mol. The van der Waals surface area contributed by atoms with Crippen molar-refractivity contribution in [3.05, 3.63) is 59.9 Å². The van der Waals surface area contributed by atoms with E-state index < -0.39 is 11.9 Å². The summed E-state index contributed by atoms with van der Waals surface area (Å²) in [6.45, 7) is 7.48. The number of likely N-dealkylation sites (tertiary alicyclic amines) is 1. The number of halogens is 3. The molecule has 2 aromatic rings. The molecule has 0 spiro atoms. The van der Waals surface area contributed by atoms with Crippen LogP contribution < -0.4 is 4.90 Å². The third-order valence-electron chi connectivity index (χ3n) is 6.64. The molecule has 1 aromatic carbocycles. The molecule has 0 unspecified atom stereocenters. The molecule has 1 amide bonds. The molecule has 2 aliphatic rings. The smallest absolute Gasteiger partial charge is 0.433 e. The fourth-order valence-electron chi connectivity index (χ4n) is 4.70. The topological polar surface area (TPSA) is 48.9 Å². The molecule has 2 aliphatic heterocycles. The van der Waals surface area contributed by atoms with Gasteiger partial charge in [0.2, 0.25) is 0 Å². The van der Waals surface area contributed by atoms with Crippen molar-refractivity contribution in [2.24, 2.45) is 0 Å². The number of rotatable bonds is 4. The highest BCUT2D eigenvalue weighted by Gasteiger charge is 2.36. The van der Waals surface area contributed by atoms with Crippen LogP contribution >= 0.6 is 0 Å². The summed E-state index contributed by atoms with van der Waals surface area (Å²) in [5.41, 5.74) is 0.988. The summed E-state index contributed by atoms with van der Waals surface area (Å²) in [5.74, 6) is 0. The molecular weight excluding hydrogens is 445 g/mol. The maximum absolute atomic E-state index is 12.9. The lowest BCUT2D eigenvalue weighted by atomic mass is 10.1. The van der Waals surface area contributed by atoms with E-state index >= 15 is 0 Å². The molecule has 34 heavy (non-hydrogen) atoms. The normalized spacial score (nSPS) is 22.6. The second kappa shape index (κ2) is 10.2. The highest BCUT2D eigenvalue weighted by atomic mass is 19.4. The first-order valence-electron chi connectivity index (χ1n) is 11.7. The predicted octanol–water partition coefficient (Wildman–Crippen LogP) is 4.80. The Morgan fingerprint density at radius 1 is 1.03 bits per heavy atom. The zero-order valence-corrected chi connectivity index (χ0v) is 19.5. The Hall–Kier alpha value is -2.81. The molecule has 0 aliphatic carbocycles. The highest BCUT2D eigenvalue weighted by molar-refractivity contribution is 5.69. The van der Waals surface area contributed by atoms with Gasteiger partial charge in [-0.05, 0) is 44.4 Å². The number of pyridine rings is 1. The van der Waals surface area contributed by atoms with Gasteiger partial charge in [0.05, 0.1) is 11.9 Å². The molecule has 184 valence electrons. The lowest BCUT2D eigenvalue weighted by molar-refractivity contribution is -0.141. The van der Waals surface area contributed by atoms with E-state index in [0.717, 1.165) is 38.5 Å². The monoisotopic (exact) mass is 476 g/mol. The van der Waals surface area contributed by atoms with Crippen molar-refractivity contribution in [2.75, 3.05) is 31.1 Å². The van der Waals surface area contributed by atoms with E-state index in [4.69, 9.17) is 4.74 Å². The maximum Gasteiger partial charge on any atom is 0.433 e.